The van der Waals surface area contributed by atoms with Crippen molar-refractivity contribution in [2.75, 3.05) is 0 Å². The van der Waals surface area contributed by atoms with E-state index in [0.29, 0.717) is 18.4 Å². The van der Waals surface area contributed by atoms with Gasteiger partial charge in [-0.3, -0.25) is 14.9 Å². The summed E-state index contributed by atoms with van der Waals surface area (Å²) in [5.74, 6) is 0. The molecule has 84 valence electrons. The van der Waals surface area contributed by atoms with Crippen LogP contribution in [0.5, 0.6) is 0 Å². The molecule has 1 aromatic carbocycles. The number of nitrogens with zero attached hydrogens (tertiary/aromatic N) is 1. The lowest BCUT2D eigenvalue weighted by Gasteiger charge is -2.12. The fourth-order valence-corrected chi connectivity index (χ4v) is 2.07. The molecule has 1 aliphatic rings. The number of nitro groups is 1. The van der Waals surface area contributed by atoms with E-state index in [1.54, 1.807) is 12.1 Å². The second-order valence-electron chi connectivity index (χ2n) is 3.84. The molecule has 0 bridgehead atoms. The molecular weight excluding hydrogens is 208 g/mol. The minimum absolute atomic E-state index is 0.0863. The normalized spacial score (nSPS) is 24.2. The zero-order valence-electron chi connectivity index (χ0n) is 8.63. The highest BCUT2D eigenvalue weighted by Gasteiger charge is 2.33. The van der Waals surface area contributed by atoms with Gasteiger partial charge in [0.05, 0.1) is 0 Å². The highest BCUT2D eigenvalue weighted by molar-refractivity contribution is 5.77. The molecule has 0 aromatic heterocycles. The van der Waals surface area contributed by atoms with Gasteiger partial charge in [-0.05, 0) is 12.0 Å². The van der Waals surface area contributed by atoms with Crippen LogP contribution in [-0.4, -0.2) is 17.4 Å². The number of hydrogen-bond donors (Lipinski definition) is 1. The first kappa shape index (κ1) is 10.8. The predicted octanol–water partition coefficient (Wildman–Crippen LogP) is 1.53. The maximum atomic E-state index is 10.8. The topological polar surface area (TPSA) is 72.2 Å². The summed E-state index contributed by atoms with van der Waals surface area (Å²) in [6, 6.07) is 7.10. The summed E-state index contributed by atoms with van der Waals surface area (Å²) in [5.41, 5.74) is 1.45. The summed E-state index contributed by atoms with van der Waals surface area (Å²) in [5, 5.41) is 13.5. The van der Waals surface area contributed by atoms with Crippen LogP contribution in [-0.2, 0) is 0 Å². The van der Waals surface area contributed by atoms with Crippen molar-refractivity contribution in [2.45, 2.75) is 25.0 Å². The molecule has 2 rings (SSSR count). The second kappa shape index (κ2) is 4.40. The Balaban J connectivity index is 2.20. The lowest BCUT2D eigenvalue weighted by Crippen LogP contribution is -2.31. The number of nitrogens with one attached hydrogen (secondary N) is 1. The van der Waals surface area contributed by atoms with Gasteiger partial charge in [0.1, 0.15) is 6.29 Å². The Morgan fingerprint density at radius 1 is 1.38 bits per heavy atom. The minimum Gasteiger partial charge on any atom is -0.298 e. The van der Waals surface area contributed by atoms with E-state index in [9.17, 15) is 14.9 Å². The third-order valence-corrected chi connectivity index (χ3v) is 2.88. The monoisotopic (exact) mass is 220 g/mol. The SMILES string of the molecule is O=Cc1ccccc1C1CCC([N+](=O)[O-])N1. The molecule has 0 amide bonds. The molecule has 1 fully saturated rings. The highest BCUT2D eigenvalue weighted by atomic mass is 16.6. The Labute approximate surface area is 92.6 Å². The van der Waals surface area contributed by atoms with Crippen molar-refractivity contribution in [3.63, 3.8) is 0 Å². The average Bonchev–Trinajstić information content (AvgIpc) is 2.78. The zero-order chi connectivity index (χ0) is 11.5. The quantitative estimate of drug-likeness (QED) is 0.476. The van der Waals surface area contributed by atoms with Crippen LogP contribution in [0.4, 0.5) is 0 Å². The predicted molar refractivity (Wildman–Crippen MR) is 57.7 cm³/mol. The van der Waals surface area contributed by atoms with Gasteiger partial charge in [0.25, 0.3) is 6.17 Å². The van der Waals surface area contributed by atoms with Gasteiger partial charge in [0.15, 0.2) is 0 Å². The van der Waals surface area contributed by atoms with Gasteiger partial charge in [-0.2, -0.15) is 0 Å². The Morgan fingerprint density at radius 2 is 2.12 bits per heavy atom. The first-order valence-electron chi connectivity index (χ1n) is 5.16. The molecule has 1 aliphatic heterocycles. The van der Waals surface area contributed by atoms with Crippen LogP contribution >= 0.6 is 0 Å². The van der Waals surface area contributed by atoms with Crippen molar-refractivity contribution in [2.24, 2.45) is 0 Å². The molecular formula is C11H12N2O3. The van der Waals surface area contributed by atoms with Gasteiger partial charge in [-0.25, -0.2) is 5.32 Å². The van der Waals surface area contributed by atoms with Crippen LogP contribution < -0.4 is 5.32 Å². The fourth-order valence-electron chi connectivity index (χ4n) is 2.07. The average molecular weight is 220 g/mol. The van der Waals surface area contributed by atoms with E-state index in [4.69, 9.17) is 0 Å². The van der Waals surface area contributed by atoms with E-state index in [1.165, 1.54) is 0 Å². The lowest BCUT2D eigenvalue weighted by molar-refractivity contribution is -0.526. The molecule has 1 saturated heterocycles. The second-order valence-corrected chi connectivity index (χ2v) is 3.84. The molecule has 0 spiro atoms. The summed E-state index contributed by atoms with van der Waals surface area (Å²) >= 11 is 0. The van der Waals surface area contributed by atoms with E-state index < -0.39 is 6.17 Å². The summed E-state index contributed by atoms with van der Waals surface area (Å²) in [4.78, 5) is 21.1. The van der Waals surface area contributed by atoms with Crippen LogP contribution in [0.1, 0.15) is 34.8 Å². The molecule has 5 nitrogen and oxygen atoms in total. The van der Waals surface area contributed by atoms with Crippen molar-refractivity contribution in [3.8, 4) is 0 Å². The van der Waals surface area contributed by atoms with E-state index in [-0.39, 0.29) is 11.0 Å². The molecule has 5 heteroatoms. The summed E-state index contributed by atoms with van der Waals surface area (Å²) in [6.07, 6.45) is 1.29. The largest absolute Gasteiger partial charge is 0.298 e. The van der Waals surface area contributed by atoms with Crippen LogP contribution in [0.15, 0.2) is 24.3 Å². The molecule has 1 aromatic rings. The Kier molecular flexibility index (Phi) is 2.96. The number of carbonyl (C=O) groups is 1. The van der Waals surface area contributed by atoms with Gasteiger partial charge in [0, 0.05) is 22.9 Å². The summed E-state index contributed by atoms with van der Waals surface area (Å²) in [7, 11) is 0. The molecule has 1 N–H and O–H groups in total. The number of hydrogen-bond acceptors (Lipinski definition) is 4. The van der Waals surface area contributed by atoms with Gasteiger partial charge < -0.3 is 0 Å². The van der Waals surface area contributed by atoms with Crippen LogP contribution in [0, 0.1) is 10.1 Å². The fraction of sp³-hybridized carbons (Fsp3) is 0.364. The number of carbonyl (C=O) groups excluding carboxylic acids is 1. The van der Waals surface area contributed by atoms with Gasteiger partial charge in [0.2, 0.25) is 0 Å². The standard InChI is InChI=1S/C11H12N2O3/c14-7-8-3-1-2-4-9(8)10-5-6-11(12-10)13(15)16/h1-4,7,10-12H,5-6H2. The summed E-state index contributed by atoms with van der Waals surface area (Å²) < 4.78 is 0. The van der Waals surface area contributed by atoms with Crippen molar-refractivity contribution < 1.29 is 9.72 Å². The summed E-state index contributed by atoms with van der Waals surface area (Å²) in [6.45, 7) is 0. The van der Waals surface area contributed by atoms with Gasteiger partial charge >= 0.3 is 0 Å². The Hall–Kier alpha value is -1.75. The first-order valence-corrected chi connectivity index (χ1v) is 5.16. The maximum absolute atomic E-state index is 10.8. The number of benzene rings is 1. The molecule has 2 unspecified atom stereocenters. The van der Waals surface area contributed by atoms with E-state index in [0.717, 1.165) is 11.8 Å². The van der Waals surface area contributed by atoms with E-state index in [1.807, 2.05) is 12.1 Å². The van der Waals surface area contributed by atoms with E-state index >= 15 is 0 Å². The Bertz CT molecular complexity index is 419. The van der Waals surface area contributed by atoms with Gasteiger partial charge in [-0.15, -0.1) is 0 Å². The molecule has 0 saturated carbocycles. The smallest absolute Gasteiger partial charge is 0.266 e. The van der Waals surface area contributed by atoms with Gasteiger partial charge in [-0.1, -0.05) is 24.3 Å². The van der Waals surface area contributed by atoms with E-state index in [2.05, 4.69) is 5.32 Å². The van der Waals surface area contributed by atoms with Crippen molar-refractivity contribution in [3.05, 3.63) is 45.5 Å². The third-order valence-electron chi connectivity index (χ3n) is 2.88. The first-order chi connectivity index (χ1) is 7.72. The molecule has 2 atom stereocenters. The van der Waals surface area contributed by atoms with Crippen molar-refractivity contribution >= 4 is 6.29 Å². The van der Waals surface area contributed by atoms with Crippen LogP contribution in [0.3, 0.4) is 0 Å². The third kappa shape index (κ3) is 1.94. The molecule has 0 radical (unpaired) electrons. The number of aldehydes is 1. The molecule has 0 aliphatic carbocycles. The highest BCUT2D eigenvalue weighted by Crippen LogP contribution is 2.28. The van der Waals surface area contributed by atoms with Crippen molar-refractivity contribution in [1.82, 2.24) is 5.32 Å². The van der Waals surface area contributed by atoms with Crippen molar-refractivity contribution in [1.29, 1.82) is 0 Å². The lowest BCUT2D eigenvalue weighted by atomic mass is 10.00. The Morgan fingerprint density at radius 3 is 2.75 bits per heavy atom. The van der Waals surface area contributed by atoms with Crippen LogP contribution in [0.2, 0.25) is 0 Å². The molecule has 1 heterocycles. The van der Waals surface area contributed by atoms with Crippen LogP contribution in [0.25, 0.3) is 0 Å². The molecule has 16 heavy (non-hydrogen) atoms. The number of rotatable bonds is 3. The zero-order valence-corrected chi connectivity index (χ0v) is 8.63. The maximum Gasteiger partial charge on any atom is 0.266 e. The minimum atomic E-state index is -0.690.